The summed E-state index contributed by atoms with van der Waals surface area (Å²) in [5.74, 6) is 0.539. The van der Waals surface area contributed by atoms with Crippen molar-refractivity contribution < 1.29 is 13.9 Å². The molecule has 0 saturated carbocycles. The van der Waals surface area contributed by atoms with E-state index in [9.17, 15) is 9.18 Å². The molecule has 2 aromatic carbocycles. The van der Waals surface area contributed by atoms with Gasteiger partial charge >= 0.3 is 0 Å². The fourth-order valence-corrected chi connectivity index (χ4v) is 3.38. The van der Waals surface area contributed by atoms with E-state index in [2.05, 4.69) is 10.2 Å². The van der Waals surface area contributed by atoms with Crippen molar-refractivity contribution in [3.8, 4) is 11.4 Å². The number of hydrogen-bond acceptors (Lipinski definition) is 5. The van der Waals surface area contributed by atoms with E-state index in [0.717, 1.165) is 11.4 Å². The smallest absolute Gasteiger partial charge is 0.237 e. The summed E-state index contributed by atoms with van der Waals surface area (Å²) in [6.07, 6.45) is 1.60. The van der Waals surface area contributed by atoms with Crippen molar-refractivity contribution in [2.75, 3.05) is 24.3 Å². The van der Waals surface area contributed by atoms with Crippen molar-refractivity contribution in [2.45, 2.75) is 12.1 Å². The van der Waals surface area contributed by atoms with E-state index >= 15 is 0 Å². The topological polar surface area (TPSA) is 60.2 Å². The Balaban J connectivity index is 1.70. The van der Waals surface area contributed by atoms with E-state index in [1.165, 1.54) is 23.9 Å². The summed E-state index contributed by atoms with van der Waals surface area (Å²) >= 11 is 1.30. The van der Waals surface area contributed by atoms with Crippen molar-refractivity contribution in [1.29, 1.82) is 0 Å². The Morgan fingerprint density at radius 3 is 2.52 bits per heavy atom. The van der Waals surface area contributed by atoms with Gasteiger partial charge < -0.3 is 9.64 Å². The number of rotatable bonds is 7. The van der Waals surface area contributed by atoms with Gasteiger partial charge in [-0.15, -0.1) is 10.2 Å². The molecular formula is C19H19FN4O2S. The van der Waals surface area contributed by atoms with Crippen LogP contribution in [0.3, 0.4) is 0 Å². The number of methoxy groups -OCH3 is 1. The van der Waals surface area contributed by atoms with Gasteiger partial charge in [-0.25, -0.2) is 4.39 Å². The van der Waals surface area contributed by atoms with Gasteiger partial charge in [0.2, 0.25) is 5.91 Å². The fourth-order valence-electron chi connectivity index (χ4n) is 2.57. The number of hydrogen-bond donors (Lipinski definition) is 0. The first-order valence-electron chi connectivity index (χ1n) is 8.35. The second kappa shape index (κ2) is 8.68. The van der Waals surface area contributed by atoms with Crippen LogP contribution in [0.15, 0.2) is 60.0 Å². The third-order valence-electron chi connectivity index (χ3n) is 3.95. The van der Waals surface area contributed by atoms with Crippen LogP contribution in [0.2, 0.25) is 0 Å². The summed E-state index contributed by atoms with van der Waals surface area (Å²) in [5.41, 5.74) is 1.54. The zero-order chi connectivity index (χ0) is 19.2. The zero-order valence-electron chi connectivity index (χ0n) is 15.0. The van der Waals surface area contributed by atoms with Crippen LogP contribution in [0.5, 0.6) is 5.75 Å². The highest BCUT2D eigenvalue weighted by molar-refractivity contribution is 7.99. The largest absolute Gasteiger partial charge is 0.497 e. The molecule has 0 aliphatic rings. The molecule has 0 unspecified atom stereocenters. The number of aromatic nitrogens is 3. The van der Waals surface area contributed by atoms with E-state index in [1.807, 2.05) is 35.8 Å². The predicted octanol–water partition coefficient (Wildman–Crippen LogP) is 3.56. The van der Waals surface area contributed by atoms with Crippen molar-refractivity contribution in [3.63, 3.8) is 0 Å². The van der Waals surface area contributed by atoms with Crippen LogP contribution in [-0.2, 0) is 4.79 Å². The quantitative estimate of drug-likeness (QED) is 0.581. The van der Waals surface area contributed by atoms with E-state index < -0.39 is 0 Å². The van der Waals surface area contributed by atoms with Crippen molar-refractivity contribution in [1.82, 2.24) is 14.8 Å². The van der Waals surface area contributed by atoms with Gasteiger partial charge in [0, 0.05) is 17.9 Å². The number of carbonyl (C=O) groups excluding carboxylic acids is 1. The lowest BCUT2D eigenvalue weighted by Gasteiger charge is -2.20. The molecule has 8 heteroatoms. The van der Waals surface area contributed by atoms with Gasteiger partial charge in [0.15, 0.2) is 5.16 Å². The standard InChI is InChI=1S/C19H19FN4O2S/c1-3-23(15-6-4-14(20)5-7-15)18(25)12-27-19-22-21-13-24(19)16-8-10-17(26-2)11-9-16/h4-11,13H,3,12H2,1-2H3. The van der Waals surface area contributed by atoms with Crippen LogP contribution in [0.25, 0.3) is 5.69 Å². The average Bonchev–Trinajstić information content (AvgIpc) is 3.17. The third kappa shape index (κ3) is 4.46. The minimum atomic E-state index is -0.329. The van der Waals surface area contributed by atoms with Crippen molar-refractivity contribution in [3.05, 3.63) is 60.7 Å². The Bertz CT molecular complexity index is 897. The lowest BCUT2D eigenvalue weighted by molar-refractivity contribution is -0.116. The molecule has 0 bridgehead atoms. The molecule has 1 heterocycles. The molecule has 0 N–H and O–H groups in total. The molecule has 1 aromatic heterocycles. The molecule has 0 spiro atoms. The summed E-state index contributed by atoms with van der Waals surface area (Å²) in [5, 5.41) is 8.66. The van der Waals surface area contributed by atoms with Crippen molar-refractivity contribution in [2.24, 2.45) is 0 Å². The van der Waals surface area contributed by atoms with Crippen LogP contribution in [0, 0.1) is 5.82 Å². The number of benzene rings is 2. The Kier molecular flexibility index (Phi) is 6.08. The Hall–Kier alpha value is -2.87. The van der Waals surface area contributed by atoms with Gasteiger partial charge in [-0.1, -0.05) is 11.8 Å². The number of halogens is 1. The molecule has 0 atom stereocenters. The SMILES string of the molecule is CCN(C(=O)CSc1nncn1-c1ccc(OC)cc1)c1ccc(F)cc1. The first kappa shape index (κ1) is 18.9. The van der Waals surface area contributed by atoms with Crippen molar-refractivity contribution >= 4 is 23.4 Å². The zero-order valence-corrected chi connectivity index (χ0v) is 15.8. The average molecular weight is 386 g/mol. The maximum atomic E-state index is 13.1. The molecule has 6 nitrogen and oxygen atoms in total. The summed E-state index contributed by atoms with van der Waals surface area (Å²) in [7, 11) is 1.61. The van der Waals surface area contributed by atoms with Crippen LogP contribution >= 0.6 is 11.8 Å². The lowest BCUT2D eigenvalue weighted by atomic mass is 10.3. The van der Waals surface area contributed by atoms with E-state index in [4.69, 9.17) is 4.74 Å². The highest BCUT2D eigenvalue weighted by atomic mass is 32.2. The molecule has 3 aromatic rings. The Labute approximate surface area is 161 Å². The Morgan fingerprint density at radius 2 is 1.89 bits per heavy atom. The number of nitrogens with zero attached hydrogens (tertiary/aromatic N) is 4. The van der Waals surface area contributed by atoms with Crippen LogP contribution in [0.1, 0.15) is 6.92 Å². The second-order valence-electron chi connectivity index (χ2n) is 5.58. The van der Waals surface area contributed by atoms with Crippen LogP contribution in [0.4, 0.5) is 10.1 Å². The molecule has 0 fully saturated rings. The molecule has 140 valence electrons. The van der Waals surface area contributed by atoms with E-state index in [-0.39, 0.29) is 17.5 Å². The van der Waals surface area contributed by atoms with E-state index in [1.54, 1.807) is 30.5 Å². The predicted molar refractivity (Wildman–Crippen MR) is 103 cm³/mol. The van der Waals surface area contributed by atoms with Gasteiger partial charge in [0.05, 0.1) is 12.9 Å². The summed E-state index contributed by atoms with van der Waals surface area (Å²) in [6.45, 7) is 2.38. The first-order chi connectivity index (χ1) is 13.1. The number of thioether (sulfide) groups is 1. The highest BCUT2D eigenvalue weighted by Gasteiger charge is 2.16. The monoisotopic (exact) mass is 386 g/mol. The van der Waals surface area contributed by atoms with Gasteiger partial charge in [-0.05, 0) is 55.5 Å². The molecular weight excluding hydrogens is 367 g/mol. The van der Waals surface area contributed by atoms with Crippen LogP contribution < -0.4 is 9.64 Å². The van der Waals surface area contributed by atoms with Gasteiger partial charge in [-0.3, -0.25) is 9.36 Å². The van der Waals surface area contributed by atoms with Gasteiger partial charge in [0.25, 0.3) is 0 Å². The molecule has 1 amide bonds. The molecule has 0 aliphatic carbocycles. The summed E-state index contributed by atoms with van der Waals surface area (Å²) in [4.78, 5) is 14.2. The number of carbonyl (C=O) groups is 1. The first-order valence-corrected chi connectivity index (χ1v) is 9.34. The minimum absolute atomic E-state index is 0.0848. The molecule has 0 radical (unpaired) electrons. The normalized spacial score (nSPS) is 10.6. The molecule has 27 heavy (non-hydrogen) atoms. The maximum Gasteiger partial charge on any atom is 0.237 e. The van der Waals surface area contributed by atoms with Gasteiger partial charge in [0.1, 0.15) is 17.9 Å². The number of anilines is 1. The third-order valence-corrected chi connectivity index (χ3v) is 4.88. The number of ether oxygens (including phenoxy) is 1. The summed E-state index contributed by atoms with van der Waals surface area (Å²) < 4.78 is 20.1. The minimum Gasteiger partial charge on any atom is -0.497 e. The van der Waals surface area contributed by atoms with E-state index in [0.29, 0.717) is 17.4 Å². The maximum absolute atomic E-state index is 13.1. The molecule has 3 rings (SSSR count). The fraction of sp³-hybridized carbons (Fsp3) is 0.211. The molecule has 0 saturated heterocycles. The highest BCUT2D eigenvalue weighted by Crippen LogP contribution is 2.23. The second-order valence-corrected chi connectivity index (χ2v) is 6.53. The van der Waals surface area contributed by atoms with Gasteiger partial charge in [-0.2, -0.15) is 0 Å². The number of amides is 1. The lowest BCUT2D eigenvalue weighted by Crippen LogP contribution is -2.32. The van der Waals surface area contributed by atoms with Crippen LogP contribution in [-0.4, -0.2) is 40.1 Å². The Morgan fingerprint density at radius 1 is 1.19 bits per heavy atom. The summed E-state index contributed by atoms with van der Waals surface area (Å²) in [6, 6.07) is 13.4. The molecule has 0 aliphatic heterocycles.